The van der Waals surface area contributed by atoms with Crippen molar-refractivity contribution in [1.82, 2.24) is 0 Å². The van der Waals surface area contributed by atoms with Gasteiger partial charge in [-0.15, -0.1) is 12.4 Å². The summed E-state index contributed by atoms with van der Waals surface area (Å²) in [6, 6.07) is 8.25. The summed E-state index contributed by atoms with van der Waals surface area (Å²) >= 11 is 4.72. The van der Waals surface area contributed by atoms with Crippen molar-refractivity contribution in [3.63, 3.8) is 0 Å². The summed E-state index contributed by atoms with van der Waals surface area (Å²) in [5.41, 5.74) is 6.77. The first-order valence-corrected chi connectivity index (χ1v) is 7.32. The predicted molar refractivity (Wildman–Crippen MR) is 86.7 cm³/mol. The Morgan fingerprint density at radius 1 is 1.40 bits per heavy atom. The van der Waals surface area contributed by atoms with Gasteiger partial charge >= 0.3 is 0 Å². The van der Waals surface area contributed by atoms with Crippen molar-refractivity contribution in [1.29, 1.82) is 0 Å². The number of aliphatic imine (C=N–C) groups is 1. The standard InChI is InChI=1S/C13H12BrFN2OS.ClH/c14-12-6-10(15)4-3-9(12)8-19-13(16)17-7-11-2-1-5-18-11;/h1-6H,7-8H2,(H2,16,17);1H. The van der Waals surface area contributed by atoms with Crippen molar-refractivity contribution < 1.29 is 8.81 Å². The van der Waals surface area contributed by atoms with Gasteiger partial charge in [-0.05, 0) is 29.8 Å². The number of nitrogens with zero attached hydrogens (tertiary/aromatic N) is 1. The Hall–Kier alpha value is -0.980. The lowest BCUT2D eigenvalue weighted by Crippen LogP contribution is -2.07. The van der Waals surface area contributed by atoms with Crippen LogP contribution >= 0.6 is 40.1 Å². The number of benzene rings is 1. The van der Waals surface area contributed by atoms with E-state index in [4.69, 9.17) is 10.2 Å². The zero-order valence-corrected chi connectivity index (χ0v) is 13.6. The Bertz CT molecular complexity index is 578. The van der Waals surface area contributed by atoms with Crippen LogP contribution in [0.15, 0.2) is 50.5 Å². The van der Waals surface area contributed by atoms with Gasteiger partial charge in [-0.25, -0.2) is 4.39 Å². The molecule has 7 heteroatoms. The van der Waals surface area contributed by atoms with E-state index >= 15 is 0 Å². The van der Waals surface area contributed by atoms with Crippen molar-refractivity contribution in [2.24, 2.45) is 10.7 Å². The van der Waals surface area contributed by atoms with Crippen molar-refractivity contribution >= 4 is 45.3 Å². The number of hydrogen-bond acceptors (Lipinski definition) is 3. The highest BCUT2D eigenvalue weighted by Gasteiger charge is 2.03. The monoisotopic (exact) mass is 378 g/mol. The summed E-state index contributed by atoms with van der Waals surface area (Å²) in [7, 11) is 0. The number of hydrogen-bond donors (Lipinski definition) is 1. The van der Waals surface area contributed by atoms with E-state index in [1.54, 1.807) is 12.3 Å². The largest absolute Gasteiger partial charge is 0.467 e. The minimum Gasteiger partial charge on any atom is -0.467 e. The first kappa shape index (κ1) is 17.1. The third-order valence-corrected chi connectivity index (χ3v) is 3.98. The van der Waals surface area contributed by atoms with Crippen molar-refractivity contribution in [2.45, 2.75) is 12.3 Å². The zero-order chi connectivity index (χ0) is 13.7. The molecule has 0 amide bonds. The maximum absolute atomic E-state index is 12.9. The Labute approximate surface area is 135 Å². The first-order chi connectivity index (χ1) is 9.15. The summed E-state index contributed by atoms with van der Waals surface area (Å²) in [5, 5.41) is 0.479. The average Bonchev–Trinajstić information content (AvgIpc) is 2.88. The molecule has 0 radical (unpaired) electrons. The zero-order valence-electron chi connectivity index (χ0n) is 10.4. The molecule has 0 aliphatic rings. The Balaban J connectivity index is 0.00000200. The molecule has 0 unspecified atom stereocenters. The summed E-state index contributed by atoms with van der Waals surface area (Å²) in [6.45, 7) is 0.427. The summed E-state index contributed by atoms with van der Waals surface area (Å²) in [6.07, 6.45) is 1.60. The maximum atomic E-state index is 12.9. The lowest BCUT2D eigenvalue weighted by Gasteiger charge is -2.04. The van der Waals surface area contributed by atoms with E-state index in [0.717, 1.165) is 15.8 Å². The molecule has 1 aromatic heterocycles. The number of furan rings is 1. The molecule has 108 valence electrons. The number of rotatable bonds is 4. The molecule has 0 aliphatic carbocycles. The lowest BCUT2D eigenvalue weighted by molar-refractivity contribution is 0.513. The topological polar surface area (TPSA) is 51.5 Å². The van der Waals surface area contributed by atoms with E-state index in [0.29, 0.717) is 17.5 Å². The first-order valence-electron chi connectivity index (χ1n) is 5.54. The van der Waals surface area contributed by atoms with Gasteiger partial charge in [0.1, 0.15) is 11.6 Å². The quantitative estimate of drug-likeness (QED) is 0.634. The van der Waals surface area contributed by atoms with Crippen LogP contribution in [0, 0.1) is 5.82 Å². The van der Waals surface area contributed by atoms with Crippen LogP contribution in [0.4, 0.5) is 4.39 Å². The second-order valence-corrected chi connectivity index (χ2v) is 5.61. The fraction of sp³-hybridized carbons (Fsp3) is 0.154. The van der Waals surface area contributed by atoms with E-state index in [-0.39, 0.29) is 18.2 Å². The molecule has 0 bridgehead atoms. The van der Waals surface area contributed by atoms with Crippen LogP contribution < -0.4 is 5.73 Å². The highest BCUT2D eigenvalue weighted by molar-refractivity contribution is 9.10. The molecule has 2 rings (SSSR count). The van der Waals surface area contributed by atoms with E-state index in [1.807, 2.05) is 12.1 Å². The van der Waals surface area contributed by atoms with Crippen LogP contribution in [0.1, 0.15) is 11.3 Å². The van der Waals surface area contributed by atoms with Gasteiger partial charge < -0.3 is 10.2 Å². The Morgan fingerprint density at radius 2 is 2.20 bits per heavy atom. The lowest BCUT2D eigenvalue weighted by atomic mass is 10.2. The number of halogens is 3. The molecule has 3 nitrogen and oxygen atoms in total. The highest BCUT2D eigenvalue weighted by atomic mass is 79.9. The average molecular weight is 380 g/mol. The van der Waals surface area contributed by atoms with E-state index < -0.39 is 0 Å². The molecule has 0 fully saturated rings. The van der Waals surface area contributed by atoms with Crippen LogP contribution in [0.5, 0.6) is 0 Å². The minimum absolute atomic E-state index is 0. The molecule has 0 spiro atoms. The number of nitrogens with two attached hydrogens (primary N) is 1. The second-order valence-electron chi connectivity index (χ2n) is 3.76. The highest BCUT2D eigenvalue weighted by Crippen LogP contribution is 2.22. The molecule has 2 aromatic rings. The summed E-state index contributed by atoms with van der Waals surface area (Å²) in [4.78, 5) is 4.20. The van der Waals surface area contributed by atoms with Gasteiger partial charge in [0.15, 0.2) is 5.17 Å². The minimum atomic E-state index is -0.264. The van der Waals surface area contributed by atoms with Crippen molar-refractivity contribution in [3.8, 4) is 0 Å². The van der Waals surface area contributed by atoms with Crippen LogP contribution in [0.25, 0.3) is 0 Å². The van der Waals surface area contributed by atoms with E-state index in [2.05, 4.69) is 20.9 Å². The van der Waals surface area contributed by atoms with E-state index in [9.17, 15) is 4.39 Å². The van der Waals surface area contributed by atoms with Crippen LogP contribution in [-0.2, 0) is 12.3 Å². The van der Waals surface area contributed by atoms with Gasteiger partial charge in [0, 0.05) is 10.2 Å². The summed E-state index contributed by atoms with van der Waals surface area (Å²) < 4.78 is 18.8. The molecule has 1 heterocycles. The van der Waals surface area contributed by atoms with E-state index in [1.165, 1.54) is 23.9 Å². The second kappa shape index (κ2) is 8.34. The number of amidine groups is 1. The van der Waals surface area contributed by atoms with Gasteiger partial charge in [-0.1, -0.05) is 33.8 Å². The number of thioether (sulfide) groups is 1. The van der Waals surface area contributed by atoms with Crippen LogP contribution in [0.3, 0.4) is 0 Å². The summed E-state index contributed by atoms with van der Waals surface area (Å²) in [5.74, 6) is 1.14. The Morgan fingerprint density at radius 3 is 2.85 bits per heavy atom. The molecule has 0 saturated carbocycles. The molecule has 0 aliphatic heterocycles. The third-order valence-electron chi connectivity index (χ3n) is 2.36. The van der Waals surface area contributed by atoms with Crippen molar-refractivity contribution in [2.75, 3.05) is 0 Å². The SMILES string of the molecule is Cl.NC(=NCc1ccco1)SCc1ccc(F)cc1Br. The van der Waals surface area contributed by atoms with Crippen LogP contribution in [0.2, 0.25) is 0 Å². The van der Waals surface area contributed by atoms with Gasteiger partial charge in [0.05, 0.1) is 12.8 Å². The van der Waals surface area contributed by atoms with Gasteiger partial charge in [0.25, 0.3) is 0 Å². The normalized spacial score (nSPS) is 11.2. The maximum Gasteiger partial charge on any atom is 0.154 e. The van der Waals surface area contributed by atoms with Gasteiger partial charge in [0.2, 0.25) is 0 Å². The molecule has 0 saturated heterocycles. The molecule has 1 aromatic carbocycles. The predicted octanol–water partition coefficient (Wildman–Crippen LogP) is 4.35. The molecular formula is C13H13BrClFN2OS. The fourth-order valence-electron chi connectivity index (χ4n) is 1.39. The molecule has 2 N–H and O–H groups in total. The molecule has 20 heavy (non-hydrogen) atoms. The smallest absolute Gasteiger partial charge is 0.154 e. The van der Waals surface area contributed by atoms with Crippen LogP contribution in [-0.4, -0.2) is 5.17 Å². The third kappa shape index (κ3) is 5.19. The molecule has 0 atom stereocenters. The fourth-order valence-corrected chi connectivity index (χ4v) is 2.78. The van der Waals surface area contributed by atoms with Gasteiger partial charge in [-0.2, -0.15) is 0 Å². The van der Waals surface area contributed by atoms with Crippen molar-refractivity contribution in [3.05, 3.63) is 58.2 Å². The molecular weight excluding hydrogens is 367 g/mol. The van der Waals surface area contributed by atoms with Gasteiger partial charge in [-0.3, -0.25) is 4.99 Å². The Kier molecular flexibility index (Phi) is 7.12.